The maximum Gasteiger partial charge on any atom is 0.0599 e. The number of hydrogen-bond donors (Lipinski definition) is 2. The van der Waals surface area contributed by atoms with E-state index in [0.717, 1.165) is 38.6 Å². The molecule has 0 aromatic carbocycles. The summed E-state index contributed by atoms with van der Waals surface area (Å²) in [5, 5.41) is 6.96. The van der Waals surface area contributed by atoms with Crippen LogP contribution in [0.4, 0.5) is 0 Å². The molecule has 1 aliphatic heterocycles. The van der Waals surface area contributed by atoms with E-state index in [1.54, 1.807) is 0 Å². The summed E-state index contributed by atoms with van der Waals surface area (Å²) in [6.45, 7) is 10.0. The molecule has 114 valence electrons. The molecule has 1 saturated heterocycles. The minimum Gasteiger partial charge on any atom is -0.378 e. The van der Waals surface area contributed by atoms with E-state index in [-0.39, 0.29) is 0 Å². The molecule has 3 nitrogen and oxygen atoms in total. The first-order chi connectivity index (χ1) is 9.36. The van der Waals surface area contributed by atoms with Gasteiger partial charge in [-0.1, -0.05) is 33.1 Å². The molecule has 0 saturated carbocycles. The molecule has 0 amide bonds. The lowest BCUT2D eigenvalue weighted by Gasteiger charge is -2.23. The number of piperidine rings is 1. The van der Waals surface area contributed by atoms with Gasteiger partial charge >= 0.3 is 0 Å². The Morgan fingerprint density at radius 2 is 2.00 bits per heavy atom. The third-order valence-corrected chi connectivity index (χ3v) is 4.11. The Kier molecular flexibility index (Phi) is 10.4. The van der Waals surface area contributed by atoms with E-state index in [1.807, 2.05) is 0 Å². The zero-order valence-corrected chi connectivity index (χ0v) is 13.0. The average molecular weight is 270 g/mol. The monoisotopic (exact) mass is 270 g/mol. The molecule has 0 bridgehead atoms. The highest BCUT2D eigenvalue weighted by molar-refractivity contribution is 4.68. The zero-order chi connectivity index (χ0) is 13.8. The first kappa shape index (κ1) is 16.9. The van der Waals surface area contributed by atoms with Gasteiger partial charge in [-0.25, -0.2) is 0 Å². The van der Waals surface area contributed by atoms with Crippen molar-refractivity contribution in [1.29, 1.82) is 0 Å². The zero-order valence-electron chi connectivity index (χ0n) is 13.0. The van der Waals surface area contributed by atoms with Crippen molar-refractivity contribution in [2.24, 2.45) is 5.92 Å². The van der Waals surface area contributed by atoms with Gasteiger partial charge in [-0.3, -0.25) is 0 Å². The average Bonchev–Trinajstić information content (AvgIpc) is 2.47. The number of hydrogen-bond acceptors (Lipinski definition) is 3. The van der Waals surface area contributed by atoms with Gasteiger partial charge in [0.1, 0.15) is 0 Å². The molecule has 1 unspecified atom stereocenters. The summed E-state index contributed by atoms with van der Waals surface area (Å²) in [7, 11) is 0. The van der Waals surface area contributed by atoms with Crippen LogP contribution in [0.15, 0.2) is 0 Å². The van der Waals surface area contributed by atoms with Crippen LogP contribution in [-0.4, -0.2) is 38.9 Å². The second-order valence-corrected chi connectivity index (χ2v) is 5.79. The van der Waals surface area contributed by atoms with Gasteiger partial charge in [0.15, 0.2) is 0 Å². The Balaban J connectivity index is 1.89. The molecule has 0 radical (unpaired) electrons. The second kappa shape index (κ2) is 11.7. The van der Waals surface area contributed by atoms with E-state index in [1.165, 1.54) is 45.1 Å². The predicted octanol–water partition coefficient (Wildman–Crippen LogP) is 2.95. The van der Waals surface area contributed by atoms with Gasteiger partial charge in [-0.05, 0) is 57.8 Å². The van der Waals surface area contributed by atoms with E-state index in [0.29, 0.717) is 6.10 Å². The third-order valence-electron chi connectivity index (χ3n) is 4.11. The number of unbranched alkanes of at least 4 members (excludes halogenated alkanes) is 1. The minimum absolute atomic E-state index is 0.509. The molecule has 19 heavy (non-hydrogen) atoms. The number of rotatable bonds is 11. The van der Waals surface area contributed by atoms with Gasteiger partial charge in [0.05, 0.1) is 6.10 Å². The molecule has 1 rings (SSSR count). The predicted molar refractivity (Wildman–Crippen MR) is 82.6 cm³/mol. The molecule has 3 heteroatoms. The lowest BCUT2D eigenvalue weighted by Crippen LogP contribution is -2.33. The van der Waals surface area contributed by atoms with E-state index >= 15 is 0 Å². The fourth-order valence-corrected chi connectivity index (χ4v) is 2.66. The summed E-state index contributed by atoms with van der Waals surface area (Å²) in [6, 6.07) is 0. The molecule has 0 aliphatic carbocycles. The highest BCUT2D eigenvalue weighted by atomic mass is 16.5. The summed E-state index contributed by atoms with van der Waals surface area (Å²) in [4.78, 5) is 0. The van der Waals surface area contributed by atoms with Crippen LogP contribution in [0, 0.1) is 5.92 Å². The van der Waals surface area contributed by atoms with Crippen molar-refractivity contribution >= 4 is 0 Å². The molecule has 0 aromatic heterocycles. The van der Waals surface area contributed by atoms with Gasteiger partial charge in [0.25, 0.3) is 0 Å². The van der Waals surface area contributed by atoms with Crippen LogP contribution in [-0.2, 0) is 4.74 Å². The van der Waals surface area contributed by atoms with Crippen LogP contribution in [0.25, 0.3) is 0 Å². The fourth-order valence-electron chi connectivity index (χ4n) is 2.66. The summed E-state index contributed by atoms with van der Waals surface area (Å²) in [6.07, 6.45) is 9.40. The van der Waals surface area contributed by atoms with Crippen molar-refractivity contribution < 1.29 is 4.74 Å². The van der Waals surface area contributed by atoms with Crippen molar-refractivity contribution in [3.05, 3.63) is 0 Å². The van der Waals surface area contributed by atoms with Crippen LogP contribution in [0.1, 0.15) is 58.8 Å². The van der Waals surface area contributed by atoms with E-state index < -0.39 is 0 Å². The second-order valence-electron chi connectivity index (χ2n) is 5.79. The Hall–Kier alpha value is -0.120. The van der Waals surface area contributed by atoms with Crippen LogP contribution in [0.3, 0.4) is 0 Å². The van der Waals surface area contributed by atoms with E-state index in [4.69, 9.17) is 4.74 Å². The van der Waals surface area contributed by atoms with E-state index in [2.05, 4.69) is 24.5 Å². The van der Waals surface area contributed by atoms with Crippen LogP contribution in [0.5, 0.6) is 0 Å². The van der Waals surface area contributed by atoms with Gasteiger partial charge in [0, 0.05) is 6.61 Å². The SMILES string of the molecule is CCCCC(CC)CNCCCOC1CCNCC1. The number of ether oxygens (including phenoxy) is 1. The Labute approximate surface area is 119 Å². The van der Waals surface area contributed by atoms with E-state index in [9.17, 15) is 0 Å². The molecule has 0 spiro atoms. The summed E-state index contributed by atoms with van der Waals surface area (Å²) in [5.41, 5.74) is 0. The van der Waals surface area contributed by atoms with Gasteiger partial charge in [-0.2, -0.15) is 0 Å². The first-order valence-corrected chi connectivity index (χ1v) is 8.39. The third kappa shape index (κ3) is 8.61. The lowest BCUT2D eigenvalue weighted by molar-refractivity contribution is 0.0317. The largest absolute Gasteiger partial charge is 0.378 e. The lowest BCUT2D eigenvalue weighted by atomic mass is 9.99. The molecule has 0 aromatic rings. The summed E-state index contributed by atoms with van der Waals surface area (Å²) >= 11 is 0. The van der Waals surface area contributed by atoms with Gasteiger partial charge in [-0.15, -0.1) is 0 Å². The summed E-state index contributed by atoms with van der Waals surface area (Å²) < 4.78 is 5.90. The molecule has 1 heterocycles. The van der Waals surface area contributed by atoms with Crippen LogP contribution in [0.2, 0.25) is 0 Å². The molecule has 1 aliphatic rings. The molecule has 2 N–H and O–H groups in total. The van der Waals surface area contributed by atoms with Crippen LogP contribution >= 0.6 is 0 Å². The normalized spacial score (nSPS) is 18.6. The van der Waals surface area contributed by atoms with Crippen molar-refractivity contribution in [3.8, 4) is 0 Å². The molecule has 1 fully saturated rings. The summed E-state index contributed by atoms with van der Waals surface area (Å²) in [5.74, 6) is 0.866. The Morgan fingerprint density at radius 1 is 1.21 bits per heavy atom. The van der Waals surface area contributed by atoms with Crippen LogP contribution < -0.4 is 10.6 Å². The molecular formula is C16H34N2O. The quantitative estimate of drug-likeness (QED) is 0.566. The fraction of sp³-hybridized carbons (Fsp3) is 1.00. The highest BCUT2D eigenvalue weighted by Gasteiger charge is 2.12. The maximum absolute atomic E-state index is 5.90. The Bertz CT molecular complexity index is 193. The maximum atomic E-state index is 5.90. The van der Waals surface area contributed by atoms with Crippen molar-refractivity contribution in [2.75, 3.05) is 32.8 Å². The standard InChI is InChI=1S/C16H34N2O/c1-3-5-7-15(4-2)14-18-10-6-13-19-16-8-11-17-12-9-16/h15-18H,3-14H2,1-2H3. The van der Waals surface area contributed by atoms with Gasteiger partial charge < -0.3 is 15.4 Å². The van der Waals surface area contributed by atoms with Crippen molar-refractivity contribution in [2.45, 2.75) is 64.9 Å². The smallest absolute Gasteiger partial charge is 0.0599 e. The molecule has 1 atom stereocenters. The van der Waals surface area contributed by atoms with Crippen molar-refractivity contribution in [3.63, 3.8) is 0 Å². The van der Waals surface area contributed by atoms with Gasteiger partial charge in [0.2, 0.25) is 0 Å². The van der Waals surface area contributed by atoms with Crippen molar-refractivity contribution in [1.82, 2.24) is 10.6 Å². The first-order valence-electron chi connectivity index (χ1n) is 8.39. The minimum atomic E-state index is 0.509. The Morgan fingerprint density at radius 3 is 2.68 bits per heavy atom. The number of nitrogens with one attached hydrogen (secondary N) is 2. The topological polar surface area (TPSA) is 33.3 Å². The highest BCUT2D eigenvalue weighted by Crippen LogP contribution is 2.11. The molecular weight excluding hydrogens is 236 g/mol.